The molecule has 0 spiro atoms. The number of hydrogen-bond donors (Lipinski definition) is 0. The van der Waals surface area contributed by atoms with Gasteiger partial charge in [0.05, 0.1) is 17.3 Å². The fourth-order valence-corrected chi connectivity index (χ4v) is 1.81. The average molecular weight is 269 g/mol. The summed E-state index contributed by atoms with van der Waals surface area (Å²) in [4.78, 5) is 8.28. The molecule has 1 heterocycles. The number of benzene rings is 1. The predicted molar refractivity (Wildman–Crippen MR) is 69.3 cm³/mol. The zero-order chi connectivity index (χ0) is 12.3. The van der Waals surface area contributed by atoms with E-state index in [0.29, 0.717) is 22.3 Å². The van der Waals surface area contributed by atoms with E-state index in [1.54, 1.807) is 29.2 Å². The molecule has 2 rings (SSSR count). The zero-order valence-corrected chi connectivity index (χ0v) is 10.7. The van der Waals surface area contributed by atoms with Gasteiger partial charge in [-0.2, -0.15) is 5.10 Å². The highest BCUT2D eigenvalue weighted by atomic mass is 35.5. The maximum absolute atomic E-state index is 6.03. The Morgan fingerprint density at radius 2 is 2.24 bits per heavy atom. The molecule has 0 aliphatic rings. The normalized spacial score (nSPS) is 11.8. The summed E-state index contributed by atoms with van der Waals surface area (Å²) >= 11 is 11.8. The Morgan fingerprint density at radius 1 is 1.41 bits per heavy atom. The quantitative estimate of drug-likeness (QED) is 0.801. The van der Waals surface area contributed by atoms with Crippen LogP contribution in [0.2, 0.25) is 10.0 Å². The maximum atomic E-state index is 6.03. The molecule has 0 aliphatic carbocycles. The summed E-state index contributed by atoms with van der Waals surface area (Å²) in [6.45, 7) is 2.49. The molecule has 0 saturated carbocycles. The minimum atomic E-state index is 0.537. The topological polar surface area (TPSA) is 43.1 Å². The van der Waals surface area contributed by atoms with Crippen molar-refractivity contribution >= 4 is 34.6 Å². The second-order valence-electron chi connectivity index (χ2n) is 3.54. The Hall–Kier alpha value is -1.39. The van der Waals surface area contributed by atoms with E-state index in [-0.39, 0.29) is 0 Å². The summed E-state index contributed by atoms with van der Waals surface area (Å²) in [5.74, 6) is 0. The van der Waals surface area contributed by atoms with E-state index in [9.17, 15) is 0 Å². The van der Waals surface area contributed by atoms with Crippen molar-refractivity contribution in [3.05, 3.63) is 40.9 Å². The Morgan fingerprint density at radius 3 is 2.88 bits per heavy atom. The Labute approximate surface area is 109 Å². The number of nitrogens with zero attached hydrogens (tertiary/aromatic N) is 4. The first-order chi connectivity index (χ1) is 8.15. The monoisotopic (exact) mass is 268 g/mol. The molecule has 0 N–H and O–H groups in total. The Kier molecular flexibility index (Phi) is 3.76. The summed E-state index contributed by atoms with van der Waals surface area (Å²) in [5.41, 5.74) is 1.59. The van der Waals surface area contributed by atoms with Gasteiger partial charge in [-0.25, -0.2) is 9.67 Å². The molecule has 4 nitrogen and oxygen atoms in total. The Balaban J connectivity index is 2.18. The van der Waals surface area contributed by atoms with Gasteiger partial charge in [0.2, 0.25) is 0 Å². The van der Waals surface area contributed by atoms with Gasteiger partial charge < -0.3 is 0 Å². The molecule has 0 atom stereocenters. The highest BCUT2D eigenvalue weighted by Gasteiger charge is 2.01. The number of hydrogen-bond acceptors (Lipinski definition) is 3. The minimum Gasteiger partial charge on any atom is -0.255 e. The van der Waals surface area contributed by atoms with Crippen molar-refractivity contribution in [2.75, 3.05) is 0 Å². The average Bonchev–Trinajstić information content (AvgIpc) is 2.75. The molecule has 0 radical (unpaired) electrons. The third kappa shape index (κ3) is 3.28. The fraction of sp³-hybridized carbons (Fsp3) is 0.182. The van der Waals surface area contributed by atoms with Crippen LogP contribution < -0.4 is 0 Å². The van der Waals surface area contributed by atoms with Crippen LogP contribution >= 0.6 is 23.2 Å². The first-order valence-corrected chi connectivity index (χ1v) is 5.72. The van der Waals surface area contributed by atoms with Gasteiger partial charge in [-0.15, -0.1) is 0 Å². The largest absolute Gasteiger partial charge is 0.255 e. The standard InChI is InChI=1S/C11H10Cl2N4/c1-8(5-17-7-14-6-15-17)16-11-3-2-9(12)4-10(11)13/h2-4,6-7H,5H2,1H3. The van der Waals surface area contributed by atoms with Gasteiger partial charge in [0.1, 0.15) is 12.7 Å². The lowest BCUT2D eigenvalue weighted by molar-refractivity contribution is 0.720. The molecule has 0 saturated heterocycles. The molecule has 0 bridgehead atoms. The molecule has 1 aromatic carbocycles. The van der Waals surface area contributed by atoms with E-state index in [1.165, 1.54) is 6.33 Å². The summed E-state index contributed by atoms with van der Waals surface area (Å²) in [6, 6.07) is 5.22. The van der Waals surface area contributed by atoms with Gasteiger partial charge in [0.25, 0.3) is 0 Å². The SMILES string of the molecule is CC(Cn1cncn1)=Nc1ccc(Cl)cc1Cl. The molecular weight excluding hydrogens is 259 g/mol. The van der Waals surface area contributed by atoms with Crippen LogP contribution in [0, 0.1) is 0 Å². The molecule has 1 aromatic heterocycles. The number of rotatable bonds is 3. The maximum Gasteiger partial charge on any atom is 0.137 e. The highest BCUT2D eigenvalue weighted by Crippen LogP contribution is 2.27. The molecule has 0 amide bonds. The van der Waals surface area contributed by atoms with E-state index in [4.69, 9.17) is 23.2 Å². The molecule has 0 aliphatic heterocycles. The molecule has 88 valence electrons. The molecule has 6 heteroatoms. The van der Waals surface area contributed by atoms with Gasteiger partial charge in [-0.3, -0.25) is 4.99 Å². The van der Waals surface area contributed by atoms with E-state index in [0.717, 1.165) is 5.71 Å². The summed E-state index contributed by atoms with van der Waals surface area (Å²) in [5, 5.41) is 5.14. The first kappa shape index (κ1) is 12.1. The molecule has 0 fully saturated rings. The van der Waals surface area contributed by atoms with Crippen LogP contribution in [0.4, 0.5) is 5.69 Å². The van der Waals surface area contributed by atoms with Crippen molar-refractivity contribution in [1.29, 1.82) is 0 Å². The smallest absolute Gasteiger partial charge is 0.137 e. The van der Waals surface area contributed by atoms with Crippen molar-refractivity contribution in [2.45, 2.75) is 13.5 Å². The van der Waals surface area contributed by atoms with Crippen LogP contribution in [0.15, 0.2) is 35.8 Å². The molecular formula is C11H10Cl2N4. The number of aliphatic imine (C=N–C) groups is 1. The first-order valence-electron chi connectivity index (χ1n) is 4.97. The molecule has 2 aromatic rings. The molecule has 0 unspecified atom stereocenters. The highest BCUT2D eigenvalue weighted by molar-refractivity contribution is 6.36. The summed E-state index contributed by atoms with van der Waals surface area (Å²) in [7, 11) is 0. The lowest BCUT2D eigenvalue weighted by Gasteiger charge is -2.02. The van der Waals surface area contributed by atoms with E-state index >= 15 is 0 Å². The number of halogens is 2. The van der Waals surface area contributed by atoms with Crippen molar-refractivity contribution in [1.82, 2.24) is 14.8 Å². The minimum absolute atomic E-state index is 0.537. The van der Waals surface area contributed by atoms with Gasteiger partial charge in [-0.1, -0.05) is 23.2 Å². The van der Waals surface area contributed by atoms with Crippen molar-refractivity contribution in [3.63, 3.8) is 0 Å². The van der Waals surface area contributed by atoms with Crippen LogP contribution in [0.5, 0.6) is 0 Å². The van der Waals surface area contributed by atoms with E-state index in [2.05, 4.69) is 15.1 Å². The lowest BCUT2D eigenvalue weighted by Crippen LogP contribution is -2.06. The van der Waals surface area contributed by atoms with E-state index < -0.39 is 0 Å². The van der Waals surface area contributed by atoms with Crippen LogP contribution in [0.1, 0.15) is 6.92 Å². The Bertz CT molecular complexity index is 534. The second kappa shape index (κ2) is 5.29. The fourth-order valence-electron chi connectivity index (χ4n) is 1.36. The zero-order valence-electron chi connectivity index (χ0n) is 9.14. The van der Waals surface area contributed by atoms with Crippen molar-refractivity contribution in [2.24, 2.45) is 4.99 Å². The van der Waals surface area contributed by atoms with Crippen molar-refractivity contribution in [3.8, 4) is 0 Å². The van der Waals surface area contributed by atoms with E-state index in [1.807, 2.05) is 6.92 Å². The van der Waals surface area contributed by atoms with Gasteiger partial charge in [0.15, 0.2) is 0 Å². The van der Waals surface area contributed by atoms with Gasteiger partial charge in [0, 0.05) is 10.7 Å². The second-order valence-corrected chi connectivity index (χ2v) is 4.38. The summed E-state index contributed by atoms with van der Waals surface area (Å²) < 4.78 is 1.70. The molecule has 17 heavy (non-hydrogen) atoms. The van der Waals surface area contributed by atoms with Crippen LogP contribution in [-0.4, -0.2) is 20.5 Å². The van der Waals surface area contributed by atoms with Crippen molar-refractivity contribution < 1.29 is 0 Å². The third-order valence-corrected chi connectivity index (χ3v) is 2.62. The predicted octanol–water partition coefficient (Wildman–Crippen LogP) is 3.38. The third-order valence-electron chi connectivity index (χ3n) is 2.08. The number of aromatic nitrogens is 3. The lowest BCUT2D eigenvalue weighted by atomic mass is 10.3. The summed E-state index contributed by atoms with van der Waals surface area (Å²) in [6.07, 6.45) is 3.13. The van der Waals surface area contributed by atoms with Gasteiger partial charge in [-0.05, 0) is 25.1 Å². The van der Waals surface area contributed by atoms with Crippen LogP contribution in [-0.2, 0) is 6.54 Å². The van der Waals surface area contributed by atoms with Crippen LogP contribution in [0.3, 0.4) is 0 Å². The van der Waals surface area contributed by atoms with Crippen LogP contribution in [0.25, 0.3) is 0 Å². The van der Waals surface area contributed by atoms with Gasteiger partial charge >= 0.3 is 0 Å².